The summed E-state index contributed by atoms with van der Waals surface area (Å²) in [5.41, 5.74) is 4.67. The highest BCUT2D eigenvalue weighted by molar-refractivity contribution is 6.30. The second-order valence-electron chi connectivity index (χ2n) is 4.64. The topological polar surface area (TPSA) is 38.0 Å². The molecule has 3 N–H and O–H groups in total. The number of hydrogen-bond acceptors (Lipinski definition) is 2. The number of nitrogens with two attached hydrogens (primary N) is 1. The van der Waals surface area contributed by atoms with Gasteiger partial charge in [-0.1, -0.05) is 29.8 Å². The molecule has 0 bridgehead atoms. The van der Waals surface area contributed by atoms with E-state index in [0.717, 1.165) is 11.1 Å². The van der Waals surface area contributed by atoms with E-state index in [1.807, 2.05) is 0 Å². The molecule has 0 radical (unpaired) electrons. The van der Waals surface area contributed by atoms with Gasteiger partial charge in [0.15, 0.2) is 0 Å². The van der Waals surface area contributed by atoms with Crippen molar-refractivity contribution in [1.29, 1.82) is 0 Å². The van der Waals surface area contributed by atoms with E-state index in [9.17, 15) is 8.78 Å². The van der Waals surface area contributed by atoms with E-state index in [0.29, 0.717) is 12.0 Å². The van der Waals surface area contributed by atoms with Crippen LogP contribution in [0.1, 0.15) is 22.7 Å². The molecule has 0 fully saturated rings. The van der Waals surface area contributed by atoms with Gasteiger partial charge in [0, 0.05) is 5.56 Å². The summed E-state index contributed by atoms with van der Waals surface area (Å²) in [5, 5.41) is 0.0542. The minimum atomic E-state index is -0.489. The summed E-state index contributed by atoms with van der Waals surface area (Å²) < 4.78 is 27.1. The average Bonchev–Trinajstić information content (AvgIpc) is 2.42. The van der Waals surface area contributed by atoms with Crippen molar-refractivity contribution in [2.45, 2.75) is 19.4 Å². The van der Waals surface area contributed by atoms with E-state index in [-0.39, 0.29) is 10.8 Å². The van der Waals surface area contributed by atoms with Crippen molar-refractivity contribution in [3.05, 3.63) is 69.7 Å². The molecule has 0 aliphatic heterocycles. The first-order chi connectivity index (χ1) is 9.52. The largest absolute Gasteiger partial charge is 0.271 e. The second kappa shape index (κ2) is 6.31. The lowest BCUT2D eigenvalue weighted by Gasteiger charge is -2.18. The highest BCUT2D eigenvalue weighted by Crippen LogP contribution is 2.26. The SMILES string of the molecule is Cc1cc(F)ccc1CC(NN)c1cccc(Cl)c1F. The third-order valence-electron chi connectivity index (χ3n) is 3.29. The van der Waals surface area contributed by atoms with Gasteiger partial charge in [-0.25, -0.2) is 8.78 Å². The van der Waals surface area contributed by atoms with Gasteiger partial charge in [0.1, 0.15) is 11.6 Å². The average molecular weight is 297 g/mol. The van der Waals surface area contributed by atoms with Crippen molar-refractivity contribution in [2.75, 3.05) is 0 Å². The maximum atomic E-state index is 14.0. The molecule has 106 valence electrons. The lowest BCUT2D eigenvalue weighted by atomic mass is 9.96. The van der Waals surface area contributed by atoms with Crippen molar-refractivity contribution in [3.63, 3.8) is 0 Å². The van der Waals surface area contributed by atoms with Crippen molar-refractivity contribution in [1.82, 2.24) is 5.43 Å². The number of hydrogen-bond donors (Lipinski definition) is 2. The Morgan fingerprint density at radius 2 is 2.00 bits per heavy atom. The minimum Gasteiger partial charge on any atom is -0.271 e. The van der Waals surface area contributed by atoms with Crippen LogP contribution >= 0.6 is 11.6 Å². The first kappa shape index (κ1) is 14.9. The molecule has 0 spiro atoms. The molecule has 20 heavy (non-hydrogen) atoms. The van der Waals surface area contributed by atoms with Crippen molar-refractivity contribution in [2.24, 2.45) is 5.84 Å². The molecule has 5 heteroatoms. The van der Waals surface area contributed by atoms with Crippen LogP contribution in [0, 0.1) is 18.6 Å². The number of nitrogens with one attached hydrogen (secondary N) is 1. The van der Waals surface area contributed by atoms with Gasteiger partial charge in [0.05, 0.1) is 11.1 Å². The molecular formula is C15H15ClF2N2. The number of rotatable bonds is 4. The molecule has 0 saturated carbocycles. The molecule has 0 aliphatic rings. The Morgan fingerprint density at radius 3 is 2.65 bits per heavy atom. The zero-order chi connectivity index (χ0) is 14.7. The smallest absolute Gasteiger partial charge is 0.146 e. The van der Waals surface area contributed by atoms with Crippen LogP contribution < -0.4 is 11.3 Å². The Labute approximate surface area is 121 Å². The summed E-state index contributed by atoms with van der Waals surface area (Å²) in [6, 6.07) is 8.85. The zero-order valence-electron chi connectivity index (χ0n) is 11.0. The summed E-state index contributed by atoms with van der Waals surface area (Å²) in [5.74, 6) is 4.73. The van der Waals surface area contributed by atoms with Gasteiger partial charge in [-0.15, -0.1) is 0 Å². The lowest BCUT2D eigenvalue weighted by molar-refractivity contribution is 0.509. The molecule has 2 nitrogen and oxygen atoms in total. The van der Waals surface area contributed by atoms with Crippen LogP contribution in [0.15, 0.2) is 36.4 Å². The maximum Gasteiger partial charge on any atom is 0.146 e. The highest BCUT2D eigenvalue weighted by Gasteiger charge is 2.17. The molecule has 0 saturated heterocycles. The lowest BCUT2D eigenvalue weighted by Crippen LogP contribution is -2.30. The van der Waals surface area contributed by atoms with Crippen LogP contribution in [0.4, 0.5) is 8.78 Å². The van der Waals surface area contributed by atoms with Gasteiger partial charge in [0.2, 0.25) is 0 Å². The van der Waals surface area contributed by atoms with E-state index in [2.05, 4.69) is 5.43 Å². The second-order valence-corrected chi connectivity index (χ2v) is 5.04. The van der Waals surface area contributed by atoms with Gasteiger partial charge in [-0.3, -0.25) is 11.3 Å². The third kappa shape index (κ3) is 3.15. The quantitative estimate of drug-likeness (QED) is 0.667. The molecule has 0 aliphatic carbocycles. The predicted octanol–water partition coefficient (Wildman–Crippen LogP) is 3.67. The Kier molecular flexibility index (Phi) is 4.70. The van der Waals surface area contributed by atoms with Crippen LogP contribution in [0.2, 0.25) is 5.02 Å². The van der Waals surface area contributed by atoms with Crippen LogP contribution in [0.5, 0.6) is 0 Å². The van der Waals surface area contributed by atoms with E-state index >= 15 is 0 Å². The van der Waals surface area contributed by atoms with Crippen molar-refractivity contribution < 1.29 is 8.78 Å². The molecule has 1 unspecified atom stereocenters. The Balaban J connectivity index is 2.31. The van der Waals surface area contributed by atoms with Crippen LogP contribution in [0.3, 0.4) is 0 Å². The van der Waals surface area contributed by atoms with E-state index in [4.69, 9.17) is 17.4 Å². The monoisotopic (exact) mass is 296 g/mol. The number of halogens is 3. The fourth-order valence-electron chi connectivity index (χ4n) is 2.16. The summed E-state index contributed by atoms with van der Waals surface area (Å²) in [6.07, 6.45) is 0.444. The summed E-state index contributed by atoms with van der Waals surface area (Å²) in [6.45, 7) is 1.81. The molecule has 2 aromatic rings. The third-order valence-corrected chi connectivity index (χ3v) is 3.58. The fraction of sp³-hybridized carbons (Fsp3) is 0.200. The molecule has 2 rings (SSSR count). The molecule has 0 amide bonds. The zero-order valence-corrected chi connectivity index (χ0v) is 11.7. The van der Waals surface area contributed by atoms with E-state index in [1.54, 1.807) is 25.1 Å². The summed E-state index contributed by atoms with van der Waals surface area (Å²) >= 11 is 5.78. The Hall–Kier alpha value is -1.49. The van der Waals surface area contributed by atoms with E-state index in [1.165, 1.54) is 18.2 Å². The molecule has 0 aromatic heterocycles. The Morgan fingerprint density at radius 1 is 1.25 bits per heavy atom. The number of benzene rings is 2. The molecule has 1 atom stereocenters. The normalized spacial score (nSPS) is 12.4. The fourth-order valence-corrected chi connectivity index (χ4v) is 2.34. The van der Waals surface area contributed by atoms with E-state index < -0.39 is 11.9 Å². The van der Waals surface area contributed by atoms with Crippen molar-refractivity contribution in [3.8, 4) is 0 Å². The summed E-state index contributed by atoms with van der Waals surface area (Å²) in [7, 11) is 0. The van der Waals surface area contributed by atoms with Gasteiger partial charge >= 0.3 is 0 Å². The molecule has 2 aromatic carbocycles. The van der Waals surface area contributed by atoms with Gasteiger partial charge in [0.25, 0.3) is 0 Å². The maximum absolute atomic E-state index is 14.0. The van der Waals surface area contributed by atoms with Gasteiger partial charge < -0.3 is 0 Å². The Bertz CT molecular complexity index is 617. The first-order valence-electron chi connectivity index (χ1n) is 6.18. The van der Waals surface area contributed by atoms with Crippen LogP contribution in [0.25, 0.3) is 0 Å². The standard InChI is InChI=1S/C15H15ClF2N2/c1-9-7-11(17)6-5-10(9)8-14(20-19)12-3-2-4-13(16)15(12)18/h2-7,14,20H,8,19H2,1H3. The number of aryl methyl sites for hydroxylation is 1. The van der Waals surface area contributed by atoms with Crippen molar-refractivity contribution >= 4 is 11.6 Å². The van der Waals surface area contributed by atoms with Crippen LogP contribution in [-0.2, 0) is 6.42 Å². The molecular weight excluding hydrogens is 282 g/mol. The minimum absolute atomic E-state index is 0.0542. The van der Waals surface area contributed by atoms with Gasteiger partial charge in [-0.05, 0) is 42.7 Å². The predicted molar refractivity (Wildman–Crippen MR) is 76.3 cm³/mol. The first-order valence-corrected chi connectivity index (χ1v) is 6.55. The number of hydrazine groups is 1. The summed E-state index contributed by atoms with van der Waals surface area (Å²) in [4.78, 5) is 0. The molecule has 0 heterocycles. The van der Waals surface area contributed by atoms with Crippen LogP contribution in [-0.4, -0.2) is 0 Å². The highest BCUT2D eigenvalue weighted by atomic mass is 35.5. The van der Waals surface area contributed by atoms with Gasteiger partial charge in [-0.2, -0.15) is 0 Å².